The summed E-state index contributed by atoms with van der Waals surface area (Å²) >= 11 is 3.31. The molecule has 1 unspecified atom stereocenters. The molecule has 0 fully saturated rings. The van der Waals surface area contributed by atoms with Crippen molar-refractivity contribution in [2.75, 3.05) is 0 Å². The van der Waals surface area contributed by atoms with E-state index in [-0.39, 0.29) is 5.76 Å². The van der Waals surface area contributed by atoms with Gasteiger partial charge in [0.1, 0.15) is 10.7 Å². The van der Waals surface area contributed by atoms with Crippen LogP contribution in [0.1, 0.15) is 12.7 Å². The number of rotatable bonds is 6. The maximum absolute atomic E-state index is 11.8. The Bertz CT molecular complexity index is 744. The first-order valence-corrected chi connectivity index (χ1v) is 7.24. The maximum atomic E-state index is 11.8. The number of amides is 1. The average molecular weight is 382 g/mol. The Labute approximate surface area is 139 Å². The van der Waals surface area contributed by atoms with Crippen LogP contribution in [-0.2, 0) is 4.79 Å². The molecule has 23 heavy (non-hydrogen) atoms. The molecule has 0 saturated carbocycles. The molecule has 0 radical (unpaired) electrons. The van der Waals surface area contributed by atoms with Crippen LogP contribution >= 0.6 is 15.9 Å². The fourth-order valence-electron chi connectivity index (χ4n) is 1.56. The molecule has 0 spiro atoms. The highest BCUT2D eigenvalue weighted by molar-refractivity contribution is 9.10. The quantitative estimate of drug-likeness (QED) is 0.470. The normalized spacial score (nSPS) is 12.1. The van der Waals surface area contributed by atoms with E-state index in [1.807, 2.05) is 6.07 Å². The van der Waals surface area contributed by atoms with Crippen molar-refractivity contribution in [1.29, 1.82) is 0 Å². The molecule has 1 aromatic carbocycles. The van der Waals surface area contributed by atoms with Gasteiger partial charge < -0.3 is 9.15 Å². The van der Waals surface area contributed by atoms with Crippen LogP contribution in [0.5, 0.6) is 5.75 Å². The monoisotopic (exact) mass is 381 g/mol. The van der Waals surface area contributed by atoms with Gasteiger partial charge in [0.25, 0.3) is 5.91 Å². The van der Waals surface area contributed by atoms with Crippen LogP contribution in [0, 0.1) is 10.1 Å². The zero-order chi connectivity index (χ0) is 16.8. The first-order valence-electron chi connectivity index (χ1n) is 6.45. The van der Waals surface area contributed by atoms with Crippen LogP contribution in [0.15, 0.2) is 50.4 Å². The van der Waals surface area contributed by atoms with Gasteiger partial charge in [0.2, 0.25) is 0 Å². The molecule has 1 heterocycles. The number of nitrogens with zero attached hydrogens (tertiary/aromatic N) is 2. The average Bonchev–Trinajstić information content (AvgIpc) is 2.96. The fraction of sp³-hybridized carbons (Fsp3) is 0.143. The van der Waals surface area contributed by atoms with E-state index in [9.17, 15) is 14.9 Å². The third kappa shape index (κ3) is 4.92. The van der Waals surface area contributed by atoms with E-state index in [2.05, 4.69) is 26.5 Å². The van der Waals surface area contributed by atoms with Crippen molar-refractivity contribution in [3.05, 3.63) is 56.7 Å². The minimum absolute atomic E-state index is 0.151. The first-order chi connectivity index (χ1) is 11.0. The summed E-state index contributed by atoms with van der Waals surface area (Å²) in [5.41, 5.74) is 2.27. The Hall–Kier alpha value is -2.68. The van der Waals surface area contributed by atoms with Crippen molar-refractivity contribution in [2.24, 2.45) is 5.10 Å². The number of hydrogen-bond acceptors (Lipinski definition) is 6. The van der Waals surface area contributed by atoms with Gasteiger partial charge in [0, 0.05) is 4.47 Å². The molecule has 0 bridgehead atoms. The molecule has 8 nitrogen and oxygen atoms in total. The lowest BCUT2D eigenvalue weighted by molar-refractivity contribution is -0.402. The molecule has 0 aliphatic carbocycles. The molecule has 1 amide bonds. The molecule has 9 heteroatoms. The summed E-state index contributed by atoms with van der Waals surface area (Å²) in [4.78, 5) is 21.6. The van der Waals surface area contributed by atoms with Crippen LogP contribution in [0.3, 0.4) is 0 Å². The van der Waals surface area contributed by atoms with E-state index in [1.54, 1.807) is 25.1 Å². The third-order valence-corrected chi connectivity index (χ3v) is 3.13. The molecule has 2 rings (SSSR count). The number of ether oxygens (including phenoxy) is 1. The van der Waals surface area contributed by atoms with Crippen LogP contribution < -0.4 is 10.2 Å². The Morgan fingerprint density at radius 1 is 1.48 bits per heavy atom. The van der Waals surface area contributed by atoms with Crippen LogP contribution in [-0.4, -0.2) is 23.1 Å². The van der Waals surface area contributed by atoms with E-state index in [1.165, 1.54) is 12.1 Å². The number of carbonyl (C=O) groups is 1. The topological polar surface area (TPSA) is 107 Å². The SMILES string of the molecule is CC(Oc1cccc(Br)c1)C(=O)N/N=C/c1ccc([N+](=O)[O-])o1. The van der Waals surface area contributed by atoms with Crippen LogP contribution in [0.2, 0.25) is 0 Å². The zero-order valence-corrected chi connectivity index (χ0v) is 13.5. The second-order valence-electron chi connectivity index (χ2n) is 4.38. The molecular weight excluding hydrogens is 370 g/mol. The van der Waals surface area contributed by atoms with E-state index in [0.717, 1.165) is 10.7 Å². The van der Waals surface area contributed by atoms with E-state index in [4.69, 9.17) is 9.15 Å². The second kappa shape index (κ2) is 7.54. The fourth-order valence-corrected chi connectivity index (χ4v) is 1.94. The molecule has 0 aliphatic heterocycles. The van der Waals surface area contributed by atoms with Gasteiger partial charge in [0.05, 0.1) is 12.3 Å². The molecular formula is C14H12BrN3O5. The van der Waals surface area contributed by atoms with Gasteiger partial charge in [-0.3, -0.25) is 14.9 Å². The summed E-state index contributed by atoms with van der Waals surface area (Å²) < 4.78 is 11.2. The smallest absolute Gasteiger partial charge is 0.433 e. The van der Waals surface area contributed by atoms with E-state index in [0.29, 0.717) is 5.75 Å². The lowest BCUT2D eigenvalue weighted by atomic mass is 10.3. The Morgan fingerprint density at radius 3 is 2.91 bits per heavy atom. The predicted octanol–water partition coefficient (Wildman–Crippen LogP) is 2.87. The van der Waals surface area contributed by atoms with Gasteiger partial charge in [-0.05, 0) is 31.2 Å². The molecule has 0 saturated heterocycles. The first kappa shape index (κ1) is 16.7. The highest BCUT2D eigenvalue weighted by Gasteiger charge is 2.14. The van der Waals surface area contributed by atoms with Gasteiger partial charge in [-0.2, -0.15) is 5.10 Å². The second-order valence-corrected chi connectivity index (χ2v) is 5.30. The van der Waals surface area contributed by atoms with Gasteiger partial charge in [-0.15, -0.1) is 0 Å². The summed E-state index contributed by atoms with van der Waals surface area (Å²) in [6.45, 7) is 1.57. The molecule has 1 aromatic heterocycles. The van der Waals surface area contributed by atoms with Gasteiger partial charge in [-0.1, -0.05) is 22.0 Å². The van der Waals surface area contributed by atoms with E-state index >= 15 is 0 Å². The van der Waals surface area contributed by atoms with Crippen LogP contribution in [0.4, 0.5) is 5.88 Å². The Morgan fingerprint density at radius 2 is 2.26 bits per heavy atom. The largest absolute Gasteiger partial charge is 0.481 e. The number of hydrazone groups is 1. The Balaban J connectivity index is 1.88. The molecule has 0 aliphatic rings. The number of nitrogens with one attached hydrogen (secondary N) is 1. The number of hydrogen-bond donors (Lipinski definition) is 1. The molecule has 1 N–H and O–H groups in total. The summed E-state index contributed by atoms with van der Waals surface area (Å²) in [5.74, 6) is -0.184. The number of nitro groups is 1. The predicted molar refractivity (Wildman–Crippen MR) is 85.3 cm³/mol. The highest BCUT2D eigenvalue weighted by Crippen LogP contribution is 2.19. The van der Waals surface area contributed by atoms with Crippen molar-refractivity contribution >= 4 is 33.9 Å². The maximum Gasteiger partial charge on any atom is 0.433 e. The van der Waals surface area contributed by atoms with Gasteiger partial charge in [-0.25, -0.2) is 5.43 Å². The lowest BCUT2D eigenvalue weighted by Crippen LogP contribution is -2.33. The van der Waals surface area contributed by atoms with Crippen molar-refractivity contribution in [2.45, 2.75) is 13.0 Å². The van der Waals surface area contributed by atoms with Crippen LogP contribution in [0.25, 0.3) is 0 Å². The van der Waals surface area contributed by atoms with Crippen molar-refractivity contribution in [3.8, 4) is 5.75 Å². The molecule has 120 valence electrons. The third-order valence-electron chi connectivity index (χ3n) is 2.64. The zero-order valence-electron chi connectivity index (χ0n) is 11.9. The highest BCUT2D eigenvalue weighted by atomic mass is 79.9. The molecule has 1 atom stereocenters. The summed E-state index contributed by atoms with van der Waals surface area (Å²) in [7, 11) is 0. The summed E-state index contributed by atoms with van der Waals surface area (Å²) in [6.07, 6.45) is 0.392. The minimum atomic E-state index is -0.771. The number of benzene rings is 1. The van der Waals surface area contributed by atoms with Gasteiger partial charge in [0.15, 0.2) is 11.9 Å². The van der Waals surface area contributed by atoms with Crippen molar-refractivity contribution in [1.82, 2.24) is 5.43 Å². The van der Waals surface area contributed by atoms with Crippen molar-refractivity contribution < 1.29 is 18.9 Å². The number of halogens is 1. The summed E-state index contributed by atoms with van der Waals surface area (Å²) in [5, 5.41) is 14.1. The standard InChI is InChI=1S/C14H12BrN3O5/c1-9(22-11-4-2-3-10(15)7-11)14(19)17-16-8-12-5-6-13(23-12)18(20)21/h2-9H,1H3,(H,17,19)/b16-8+. The van der Waals surface area contributed by atoms with E-state index < -0.39 is 22.8 Å². The number of carbonyl (C=O) groups excluding carboxylic acids is 1. The van der Waals surface area contributed by atoms with Gasteiger partial charge >= 0.3 is 5.88 Å². The van der Waals surface area contributed by atoms with Crippen molar-refractivity contribution in [3.63, 3.8) is 0 Å². The minimum Gasteiger partial charge on any atom is -0.481 e. The number of furan rings is 1. The Kier molecular flexibility index (Phi) is 5.47. The summed E-state index contributed by atoms with van der Waals surface area (Å²) in [6, 6.07) is 9.64. The molecule has 2 aromatic rings. The lowest BCUT2D eigenvalue weighted by Gasteiger charge is -2.12.